The monoisotopic (exact) mass is 277 g/mol. The largest absolute Gasteiger partial charge is 0.466 e. The summed E-state index contributed by atoms with van der Waals surface area (Å²) in [5, 5.41) is 20.1. The van der Waals surface area contributed by atoms with Crippen LogP contribution in [-0.2, 0) is 14.3 Å². The Morgan fingerprint density at radius 2 is 1.53 bits per heavy atom. The molecule has 19 heavy (non-hydrogen) atoms. The minimum Gasteiger partial charge on any atom is -0.466 e. The summed E-state index contributed by atoms with van der Waals surface area (Å²) in [6.07, 6.45) is -0.853. The van der Waals surface area contributed by atoms with E-state index in [2.05, 4.69) is 10.1 Å². The molecule has 0 bridgehead atoms. The summed E-state index contributed by atoms with van der Waals surface area (Å²) in [4.78, 5) is 21.3. The average Bonchev–Trinajstić information content (AvgIpc) is 2.13. The summed E-state index contributed by atoms with van der Waals surface area (Å²) in [7, 11) is 0. The Hall–Kier alpha value is -1.14. The van der Waals surface area contributed by atoms with Crippen molar-refractivity contribution in [1.82, 2.24) is 5.32 Å². The number of carbonyl (C=O) groups excluding carboxylic acids is 2. The van der Waals surface area contributed by atoms with E-state index < -0.39 is 12.2 Å². The van der Waals surface area contributed by atoms with Gasteiger partial charge in [-0.3, -0.25) is 9.59 Å². The van der Waals surface area contributed by atoms with Crippen molar-refractivity contribution in [2.45, 2.75) is 65.7 Å². The Morgan fingerprint density at radius 3 is 1.84 bits per heavy atom. The number of amides is 1. The van der Waals surface area contributed by atoms with Crippen LogP contribution in [0.5, 0.6) is 0 Å². The number of ether oxygens (including phenoxy) is 1. The van der Waals surface area contributed by atoms with Crippen LogP contribution in [0.25, 0.3) is 0 Å². The van der Waals surface area contributed by atoms with E-state index in [-0.39, 0.29) is 30.8 Å². The maximum atomic E-state index is 10.8. The molecule has 0 aromatic rings. The standard InChI is InChI=1S/C7H15NO2.C6H12O3/c1-5(2)8-7(10)4-6(3)9;1-3-9-6(8)4-5(2)7/h5-6,9H,4H2,1-3H3,(H,8,10);5,7H,3-4H2,1-2H3/t6-;5-/m11/s1. The van der Waals surface area contributed by atoms with Crippen LogP contribution in [0, 0.1) is 0 Å². The van der Waals surface area contributed by atoms with Crippen LogP contribution in [0.4, 0.5) is 0 Å². The number of hydrogen-bond acceptors (Lipinski definition) is 5. The lowest BCUT2D eigenvalue weighted by atomic mass is 10.2. The first-order valence-electron chi connectivity index (χ1n) is 6.50. The number of hydrogen-bond donors (Lipinski definition) is 3. The lowest BCUT2D eigenvalue weighted by molar-refractivity contribution is -0.145. The number of aliphatic hydroxyl groups excluding tert-OH is 2. The molecular formula is C13H27NO5. The van der Waals surface area contributed by atoms with Crippen molar-refractivity contribution in [1.29, 1.82) is 0 Å². The van der Waals surface area contributed by atoms with Gasteiger partial charge in [0.2, 0.25) is 5.91 Å². The van der Waals surface area contributed by atoms with Gasteiger partial charge in [-0.25, -0.2) is 0 Å². The minimum atomic E-state index is -0.593. The lowest BCUT2D eigenvalue weighted by Gasteiger charge is -2.08. The highest BCUT2D eigenvalue weighted by molar-refractivity contribution is 5.76. The molecule has 0 fully saturated rings. The van der Waals surface area contributed by atoms with Crippen molar-refractivity contribution >= 4 is 11.9 Å². The molecule has 114 valence electrons. The Bertz CT molecular complexity index is 239. The van der Waals surface area contributed by atoms with Gasteiger partial charge in [-0.2, -0.15) is 0 Å². The molecule has 0 aliphatic rings. The highest BCUT2D eigenvalue weighted by atomic mass is 16.5. The van der Waals surface area contributed by atoms with Crippen LogP contribution in [-0.4, -0.2) is 46.9 Å². The second-order valence-corrected chi connectivity index (χ2v) is 4.63. The predicted molar refractivity (Wildman–Crippen MR) is 72.5 cm³/mol. The molecule has 0 saturated heterocycles. The minimum absolute atomic E-state index is 0.0911. The van der Waals surface area contributed by atoms with Crippen LogP contribution < -0.4 is 5.32 Å². The van der Waals surface area contributed by atoms with Crippen molar-refractivity contribution in [2.75, 3.05) is 6.61 Å². The lowest BCUT2D eigenvalue weighted by Crippen LogP contribution is -2.32. The van der Waals surface area contributed by atoms with Crippen molar-refractivity contribution in [3.05, 3.63) is 0 Å². The van der Waals surface area contributed by atoms with E-state index >= 15 is 0 Å². The van der Waals surface area contributed by atoms with Gasteiger partial charge in [0.05, 0.1) is 31.7 Å². The van der Waals surface area contributed by atoms with Crippen LogP contribution in [0.3, 0.4) is 0 Å². The molecule has 1 amide bonds. The molecule has 0 spiro atoms. The molecule has 0 aromatic heterocycles. The Morgan fingerprint density at radius 1 is 1.05 bits per heavy atom. The summed E-state index contributed by atoms with van der Waals surface area (Å²) in [6.45, 7) is 9.04. The third-order valence-electron chi connectivity index (χ3n) is 1.70. The summed E-state index contributed by atoms with van der Waals surface area (Å²) < 4.78 is 4.55. The molecule has 0 aliphatic heterocycles. The summed E-state index contributed by atoms with van der Waals surface area (Å²) >= 11 is 0. The molecule has 6 heteroatoms. The quantitative estimate of drug-likeness (QED) is 0.618. The van der Waals surface area contributed by atoms with E-state index in [4.69, 9.17) is 10.2 Å². The highest BCUT2D eigenvalue weighted by Gasteiger charge is 2.06. The molecule has 0 saturated carbocycles. The number of aliphatic hydroxyl groups is 2. The van der Waals surface area contributed by atoms with Gasteiger partial charge in [0.1, 0.15) is 0 Å². The Labute approximate surface area is 115 Å². The van der Waals surface area contributed by atoms with Crippen molar-refractivity contribution in [2.24, 2.45) is 0 Å². The van der Waals surface area contributed by atoms with Crippen LogP contribution in [0.1, 0.15) is 47.5 Å². The predicted octanol–water partition coefficient (Wildman–Crippen LogP) is 0.602. The summed E-state index contributed by atoms with van der Waals surface area (Å²) in [6, 6.07) is 0.159. The number of rotatable bonds is 6. The topological polar surface area (TPSA) is 95.9 Å². The Balaban J connectivity index is 0. The van der Waals surface area contributed by atoms with Crippen LogP contribution in [0.15, 0.2) is 0 Å². The highest BCUT2D eigenvalue weighted by Crippen LogP contribution is 1.91. The number of nitrogens with one attached hydrogen (secondary N) is 1. The van der Waals surface area contributed by atoms with Crippen LogP contribution in [0.2, 0.25) is 0 Å². The first kappa shape index (κ1) is 20.2. The van der Waals surface area contributed by atoms with E-state index in [9.17, 15) is 9.59 Å². The molecule has 2 atom stereocenters. The normalized spacial score (nSPS) is 13.1. The number of esters is 1. The molecule has 0 unspecified atom stereocenters. The van der Waals surface area contributed by atoms with Crippen LogP contribution >= 0.6 is 0 Å². The second-order valence-electron chi connectivity index (χ2n) is 4.63. The van der Waals surface area contributed by atoms with Crippen molar-refractivity contribution in [3.8, 4) is 0 Å². The third-order valence-corrected chi connectivity index (χ3v) is 1.70. The van der Waals surface area contributed by atoms with E-state index in [1.165, 1.54) is 0 Å². The van der Waals surface area contributed by atoms with E-state index in [0.29, 0.717) is 6.61 Å². The maximum absolute atomic E-state index is 10.8. The summed E-state index contributed by atoms with van der Waals surface area (Å²) in [5.41, 5.74) is 0. The Kier molecular flexibility index (Phi) is 12.7. The molecule has 0 aromatic carbocycles. The smallest absolute Gasteiger partial charge is 0.308 e. The van der Waals surface area contributed by atoms with E-state index in [1.54, 1.807) is 20.8 Å². The van der Waals surface area contributed by atoms with E-state index in [1.807, 2.05) is 13.8 Å². The number of carbonyl (C=O) groups is 2. The fourth-order valence-corrected chi connectivity index (χ4v) is 1.11. The second kappa shape index (κ2) is 11.9. The van der Waals surface area contributed by atoms with Gasteiger partial charge in [0, 0.05) is 6.04 Å². The first-order valence-corrected chi connectivity index (χ1v) is 6.50. The SMILES string of the molecule is CC(C)NC(=O)C[C@@H](C)O.CCOC(=O)C[C@@H](C)O. The third kappa shape index (κ3) is 19.4. The van der Waals surface area contributed by atoms with Gasteiger partial charge >= 0.3 is 5.97 Å². The first-order chi connectivity index (χ1) is 8.68. The zero-order valence-electron chi connectivity index (χ0n) is 12.5. The van der Waals surface area contributed by atoms with Gasteiger partial charge in [-0.15, -0.1) is 0 Å². The van der Waals surface area contributed by atoms with Gasteiger partial charge in [-0.05, 0) is 34.6 Å². The zero-order valence-corrected chi connectivity index (χ0v) is 12.5. The van der Waals surface area contributed by atoms with Gasteiger partial charge in [0.25, 0.3) is 0 Å². The molecule has 6 nitrogen and oxygen atoms in total. The van der Waals surface area contributed by atoms with Gasteiger partial charge in [-0.1, -0.05) is 0 Å². The van der Waals surface area contributed by atoms with Crippen molar-refractivity contribution in [3.63, 3.8) is 0 Å². The zero-order chi connectivity index (χ0) is 15.4. The molecule has 0 heterocycles. The molecular weight excluding hydrogens is 250 g/mol. The summed E-state index contributed by atoms with van der Waals surface area (Å²) in [5.74, 6) is -0.433. The van der Waals surface area contributed by atoms with Gasteiger partial charge in [0.15, 0.2) is 0 Å². The fourth-order valence-electron chi connectivity index (χ4n) is 1.11. The maximum Gasteiger partial charge on any atom is 0.308 e. The fraction of sp³-hybridized carbons (Fsp3) is 0.846. The van der Waals surface area contributed by atoms with Gasteiger partial charge < -0.3 is 20.3 Å². The molecule has 0 rings (SSSR count). The molecule has 0 radical (unpaired) electrons. The molecule has 3 N–H and O–H groups in total. The van der Waals surface area contributed by atoms with Crippen molar-refractivity contribution < 1.29 is 24.5 Å². The van der Waals surface area contributed by atoms with E-state index in [0.717, 1.165) is 0 Å². The molecule has 0 aliphatic carbocycles. The average molecular weight is 277 g/mol.